The molecule has 2 aliphatic heterocycles. The number of thiophene rings is 1. The summed E-state index contributed by atoms with van der Waals surface area (Å²) in [6.07, 6.45) is 0. The maximum Gasteiger partial charge on any atom is 0.264 e. The van der Waals surface area contributed by atoms with Crippen LogP contribution in [0.2, 0.25) is 5.02 Å². The lowest BCUT2D eigenvalue weighted by atomic mass is 10.2. The minimum atomic E-state index is -0.0948. The molecule has 10 heteroatoms. The van der Waals surface area contributed by atoms with Crippen molar-refractivity contribution in [2.45, 2.75) is 0 Å². The summed E-state index contributed by atoms with van der Waals surface area (Å²) in [7, 11) is 0. The predicted molar refractivity (Wildman–Crippen MR) is 130 cm³/mol. The number of nitrogens with zero attached hydrogens (tertiary/aromatic N) is 4. The van der Waals surface area contributed by atoms with Gasteiger partial charge in [-0.1, -0.05) is 29.8 Å². The molecule has 1 N–H and O–H groups in total. The van der Waals surface area contributed by atoms with Gasteiger partial charge in [-0.25, -0.2) is 0 Å². The van der Waals surface area contributed by atoms with Crippen molar-refractivity contribution in [1.82, 2.24) is 19.6 Å². The van der Waals surface area contributed by atoms with Crippen molar-refractivity contribution in [2.75, 3.05) is 70.8 Å². The highest BCUT2D eigenvalue weighted by molar-refractivity contribution is 7.12. The molecule has 0 atom stereocenters. The number of para-hydroxylation sites is 1. The molecule has 33 heavy (non-hydrogen) atoms. The molecule has 2 saturated heterocycles. The van der Waals surface area contributed by atoms with Crippen LogP contribution in [-0.4, -0.2) is 103 Å². The molecule has 1 aromatic heterocycles. The molecule has 0 unspecified atom stereocenters. The highest BCUT2D eigenvalue weighted by Gasteiger charge is 2.27. The van der Waals surface area contributed by atoms with Gasteiger partial charge in [-0.2, -0.15) is 0 Å². The first-order chi connectivity index (χ1) is 16.0. The van der Waals surface area contributed by atoms with Crippen LogP contribution in [0.3, 0.4) is 0 Å². The van der Waals surface area contributed by atoms with Crippen molar-refractivity contribution in [3.05, 3.63) is 51.7 Å². The molecule has 3 heterocycles. The van der Waals surface area contributed by atoms with E-state index in [4.69, 9.17) is 11.6 Å². The number of halogens is 1. The minimum absolute atomic E-state index is 0.0480. The zero-order chi connectivity index (χ0) is 23.2. The summed E-state index contributed by atoms with van der Waals surface area (Å²) in [5, 5.41) is 5.27. The molecule has 1 aromatic carbocycles. The first-order valence-corrected chi connectivity index (χ1v) is 12.3. The van der Waals surface area contributed by atoms with Gasteiger partial charge in [0.1, 0.15) is 0 Å². The lowest BCUT2D eigenvalue weighted by Gasteiger charge is -2.37. The Morgan fingerprint density at radius 1 is 0.818 bits per heavy atom. The third kappa shape index (κ3) is 6.32. The third-order valence-corrected chi connectivity index (χ3v) is 7.18. The van der Waals surface area contributed by atoms with Crippen molar-refractivity contribution in [3.63, 3.8) is 0 Å². The standard InChI is InChI=1S/C23H28ClN5O3S/c24-18-4-1-2-5-19(18)25-21(30)16-26-7-9-27(10-8-26)17-22(31)28-11-13-29(14-12-28)23(32)20-6-3-15-33-20/h1-6,15H,7-14,16-17H2,(H,25,30). The molecule has 0 radical (unpaired) electrons. The number of piperazine rings is 2. The van der Waals surface area contributed by atoms with Gasteiger partial charge in [-0.05, 0) is 23.6 Å². The van der Waals surface area contributed by atoms with Gasteiger partial charge in [0.2, 0.25) is 11.8 Å². The molecule has 0 bridgehead atoms. The zero-order valence-corrected chi connectivity index (χ0v) is 20.0. The van der Waals surface area contributed by atoms with Crippen LogP contribution in [0.4, 0.5) is 5.69 Å². The number of rotatable bonds is 6. The lowest BCUT2D eigenvalue weighted by Crippen LogP contribution is -2.55. The average molecular weight is 490 g/mol. The van der Waals surface area contributed by atoms with E-state index >= 15 is 0 Å². The summed E-state index contributed by atoms with van der Waals surface area (Å²) >= 11 is 7.55. The number of carbonyl (C=O) groups is 3. The number of anilines is 1. The van der Waals surface area contributed by atoms with Gasteiger partial charge >= 0.3 is 0 Å². The summed E-state index contributed by atoms with van der Waals surface area (Å²) in [4.78, 5) is 46.2. The first-order valence-electron chi connectivity index (χ1n) is 11.1. The van der Waals surface area contributed by atoms with Crippen LogP contribution in [0.5, 0.6) is 0 Å². The van der Waals surface area contributed by atoms with Crippen LogP contribution in [0.25, 0.3) is 0 Å². The Morgan fingerprint density at radius 2 is 1.45 bits per heavy atom. The fourth-order valence-electron chi connectivity index (χ4n) is 4.07. The number of carbonyl (C=O) groups excluding carboxylic acids is 3. The highest BCUT2D eigenvalue weighted by atomic mass is 35.5. The summed E-state index contributed by atoms with van der Waals surface area (Å²) in [5.41, 5.74) is 0.616. The zero-order valence-electron chi connectivity index (χ0n) is 18.4. The van der Waals surface area contributed by atoms with Crippen LogP contribution >= 0.6 is 22.9 Å². The molecule has 3 amide bonds. The first kappa shape index (κ1) is 23.7. The predicted octanol–water partition coefficient (Wildman–Crippen LogP) is 1.94. The quantitative estimate of drug-likeness (QED) is 0.671. The van der Waals surface area contributed by atoms with E-state index in [0.717, 1.165) is 31.1 Å². The molecule has 2 fully saturated rings. The average Bonchev–Trinajstić information content (AvgIpc) is 3.36. The van der Waals surface area contributed by atoms with Gasteiger partial charge < -0.3 is 15.1 Å². The van der Waals surface area contributed by atoms with Gasteiger partial charge in [0.15, 0.2) is 0 Å². The molecule has 0 saturated carbocycles. The Kier molecular flexibility index (Phi) is 7.97. The second-order valence-electron chi connectivity index (χ2n) is 8.23. The van der Waals surface area contributed by atoms with Crippen LogP contribution < -0.4 is 5.32 Å². The molecule has 4 rings (SSSR count). The van der Waals surface area contributed by atoms with Crippen molar-refractivity contribution in [2.24, 2.45) is 0 Å². The smallest absolute Gasteiger partial charge is 0.264 e. The van der Waals surface area contributed by atoms with Crippen molar-refractivity contribution < 1.29 is 14.4 Å². The molecule has 2 aromatic rings. The second kappa shape index (κ2) is 11.1. The van der Waals surface area contributed by atoms with E-state index in [1.807, 2.05) is 39.4 Å². The summed E-state index contributed by atoms with van der Waals surface area (Å²) < 4.78 is 0. The molecule has 8 nitrogen and oxygen atoms in total. The number of hydrogen-bond donors (Lipinski definition) is 1. The van der Waals surface area contributed by atoms with Gasteiger partial charge in [0.05, 0.1) is 28.7 Å². The Labute approximate surface area is 202 Å². The van der Waals surface area contributed by atoms with Gasteiger partial charge in [-0.15, -0.1) is 11.3 Å². The van der Waals surface area contributed by atoms with Crippen LogP contribution in [0, 0.1) is 0 Å². The van der Waals surface area contributed by atoms with Gasteiger partial charge in [0, 0.05) is 52.4 Å². The summed E-state index contributed by atoms with van der Waals surface area (Å²) in [6.45, 7) is 5.87. The fraction of sp³-hybridized carbons (Fsp3) is 0.435. The molecule has 0 aliphatic carbocycles. The largest absolute Gasteiger partial charge is 0.338 e. The van der Waals surface area contributed by atoms with Crippen LogP contribution in [0.1, 0.15) is 9.67 Å². The van der Waals surface area contributed by atoms with E-state index in [9.17, 15) is 14.4 Å². The number of nitrogens with one attached hydrogen (secondary N) is 1. The van der Waals surface area contributed by atoms with Crippen molar-refractivity contribution in [3.8, 4) is 0 Å². The molecular formula is C23H28ClN5O3S. The van der Waals surface area contributed by atoms with Gasteiger partial charge in [-0.3, -0.25) is 24.2 Å². The van der Waals surface area contributed by atoms with E-state index in [0.29, 0.717) is 50.0 Å². The van der Waals surface area contributed by atoms with Gasteiger partial charge in [0.25, 0.3) is 5.91 Å². The molecule has 0 spiro atoms. The van der Waals surface area contributed by atoms with Crippen molar-refractivity contribution >= 4 is 46.3 Å². The van der Waals surface area contributed by atoms with Crippen LogP contribution in [0.15, 0.2) is 41.8 Å². The Bertz CT molecular complexity index is 970. The van der Waals surface area contributed by atoms with E-state index in [1.165, 1.54) is 11.3 Å². The highest BCUT2D eigenvalue weighted by Crippen LogP contribution is 2.20. The van der Waals surface area contributed by atoms with E-state index in [1.54, 1.807) is 12.1 Å². The number of benzene rings is 1. The molecule has 2 aliphatic rings. The van der Waals surface area contributed by atoms with E-state index < -0.39 is 0 Å². The topological polar surface area (TPSA) is 76.2 Å². The maximum atomic E-state index is 12.8. The van der Waals surface area contributed by atoms with E-state index in [2.05, 4.69) is 15.1 Å². The maximum absolute atomic E-state index is 12.8. The summed E-state index contributed by atoms with van der Waals surface area (Å²) in [5.74, 6) is 0.0533. The second-order valence-corrected chi connectivity index (χ2v) is 9.59. The summed E-state index contributed by atoms with van der Waals surface area (Å²) in [6, 6.07) is 10.9. The normalized spacial score (nSPS) is 17.7. The number of amides is 3. The van der Waals surface area contributed by atoms with Crippen molar-refractivity contribution in [1.29, 1.82) is 0 Å². The molecule has 176 valence electrons. The Hall–Kier alpha value is -2.46. The van der Waals surface area contributed by atoms with E-state index in [-0.39, 0.29) is 17.7 Å². The SMILES string of the molecule is O=C(CN1CCN(CC(=O)N2CCN(C(=O)c3cccs3)CC2)CC1)Nc1ccccc1Cl. The lowest BCUT2D eigenvalue weighted by molar-refractivity contribution is -0.134. The van der Waals surface area contributed by atoms with Crippen LogP contribution in [-0.2, 0) is 9.59 Å². The number of hydrogen-bond acceptors (Lipinski definition) is 6. The Morgan fingerprint density at radius 3 is 2.09 bits per heavy atom. The Balaban J connectivity index is 1.16. The monoisotopic (exact) mass is 489 g/mol. The fourth-order valence-corrected chi connectivity index (χ4v) is 4.94. The minimum Gasteiger partial charge on any atom is -0.338 e. The third-order valence-electron chi connectivity index (χ3n) is 5.99. The molecular weight excluding hydrogens is 462 g/mol.